The van der Waals surface area contributed by atoms with Gasteiger partial charge in [0.25, 0.3) is 0 Å². The number of amides is 3. The summed E-state index contributed by atoms with van der Waals surface area (Å²) in [5.41, 5.74) is 0.349. The van der Waals surface area contributed by atoms with Crippen molar-refractivity contribution in [1.82, 2.24) is 10.2 Å². The van der Waals surface area contributed by atoms with E-state index in [1.807, 2.05) is 0 Å². The van der Waals surface area contributed by atoms with Gasteiger partial charge in [-0.15, -0.1) is 0 Å². The van der Waals surface area contributed by atoms with Crippen LogP contribution >= 0.6 is 11.6 Å². The summed E-state index contributed by atoms with van der Waals surface area (Å²) in [5, 5.41) is 5.60. The van der Waals surface area contributed by atoms with Crippen LogP contribution in [-0.4, -0.2) is 36.0 Å². The van der Waals surface area contributed by atoms with Crippen LogP contribution in [0, 0.1) is 0 Å². The summed E-state index contributed by atoms with van der Waals surface area (Å²) in [6.07, 6.45) is -4.49. The Bertz CT molecular complexity index is 1110. The summed E-state index contributed by atoms with van der Waals surface area (Å²) in [7, 11) is 0. The van der Waals surface area contributed by atoms with Crippen molar-refractivity contribution in [3.05, 3.63) is 76.0 Å². The van der Waals surface area contributed by atoms with Gasteiger partial charge in [0, 0.05) is 10.7 Å². The average Bonchev–Trinajstić information content (AvgIpc) is 3.12. The van der Waals surface area contributed by atoms with Crippen molar-refractivity contribution >= 4 is 35.2 Å². The summed E-state index contributed by atoms with van der Waals surface area (Å²) in [5.74, 6) is -1.27. The zero-order chi connectivity index (χ0) is 23.0. The molecule has 0 spiro atoms. The van der Waals surface area contributed by atoms with Crippen LogP contribution in [0.15, 0.2) is 59.8 Å². The fraction of sp³-hybridized carbons (Fsp3) is 0.190. The normalized spacial score (nSPS) is 18.2. The lowest BCUT2D eigenvalue weighted by Gasteiger charge is -2.32. The third kappa shape index (κ3) is 4.26. The molecule has 2 aliphatic heterocycles. The molecule has 1 atom stereocenters. The lowest BCUT2D eigenvalue weighted by atomic mass is 9.96. The lowest BCUT2D eigenvalue weighted by Crippen LogP contribution is -2.49. The first-order chi connectivity index (χ1) is 15.1. The maximum Gasteiger partial charge on any atom is 0.416 e. The number of carbonyl (C=O) groups is 3. The summed E-state index contributed by atoms with van der Waals surface area (Å²) in [4.78, 5) is 38.6. The van der Waals surface area contributed by atoms with Gasteiger partial charge >= 0.3 is 18.2 Å². The maximum absolute atomic E-state index is 12.7. The van der Waals surface area contributed by atoms with E-state index in [1.165, 1.54) is 0 Å². The van der Waals surface area contributed by atoms with Crippen molar-refractivity contribution in [1.29, 1.82) is 0 Å². The molecule has 0 aromatic heterocycles. The molecule has 0 saturated heterocycles. The number of esters is 1. The van der Waals surface area contributed by atoms with Crippen LogP contribution in [0.1, 0.15) is 17.2 Å². The standard InChI is InChI=1S/C21H15ClF3N3O4/c22-13-5-1-11(2-6-13)18-17-15(10-32-19(17)30)28(20(31)27-18)9-16(29)26-14-7-3-12(4-8-14)21(23,24)25/h1-8,18H,9-10H2,(H,26,29)(H,27,31). The number of rotatable bonds is 4. The molecule has 166 valence electrons. The predicted molar refractivity (Wildman–Crippen MR) is 107 cm³/mol. The van der Waals surface area contributed by atoms with Crippen LogP contribution in [0.5, 0.6) is 0 Å². The fourth-order valence-electron chi connectivity index (χ4n) is 3.47. The average molecular weight is 466 g/mol. The molecular formula is C21H15ClF3N3O4. The molecule has 4 rings (SSSR count). The number of nitrogens with zero attached hydrogens (tertiary/aromatic N) is 1. The molecule has 0 radical (unpaired) electrons. The van der Waals surface area contributed by atoms with E-state index < -0.39 is 42.2 Å². The van der Waals surface area contributed by atoms with Gasteiger partial charge in [-0.05, 0) is 42.0 Å². The number of ether oxygens (including phenoxy) is 1. The van der Waals surface area contributed by atoms with Crippen LogP contribution in [0.3, 0.4) is 0 Å². The second kappa shape index (κ2) is 8.19. The zero-order valence-corrected chi connectivity index (χ0v) is 17.0. The number of hydrogen-bond donors (Lipinski definition) is 2. The van der Waals surface area contributed by atoms with Crippen LogP contribution < -0.4 is 10.6 Å². The van der Waals surface area contributed by atoms with Gasteiger partial charge in [-0.1, -0.05) is 23.7 Å². The van der Waals surface area contributed by atoms with Crippen molar-refractivity contribution in [2.45, 2.75) is 12.2 Å². The van der Waals surface area contributed by atoms with Crippen LogP contribution in [0.2, 0.25) is 5.02 Å². The van der Waals surface area contributed by atoms with Crippen LogP contribution in [0.25, 0.3) is 0 Å². The Morgan fingerprint density at radius 1 is 1.12 bits per heavy atom. The smallest absolute Gasteiger partial charge is 0.416 e. The van der Waals surface area contributed by atoms with Crippen molar-refractivity contribution in [2.24, 2.45) is 0 Å². The van der Waals surface area contributed by atoms with E-state index in [9.17, 15) is 27.6 Å². The molecule has 0 aliphatic carbocycles. The van der Waals surface area contributed by atoms with E-state index >= 15 is 0 Å². The molecule has 2 N–H and O–H groups in total. The third-order valence-electron chi connectivity index (χ3n) is 5.00. The highest BCUT2D eigenvalue weighted by Crippen LogP contribution is 2.35. The van der Waals surface area contributed by atoms with Crippen molar-refractivity contribution in [3.8, 4) is 0 Å². The molecule has 1 unspecified atom stereocenters. The molecule has 2 aromatic carbocycles. The van der Waals surface area contributed by atoms with E-state index in [2.05, 4.69) is 10.6 Å². The second-order valence-corrected chi connectivity index (χ2v) is 7.52. The number of urea groups is 1. The number of hydrogen-bond acceptors (Lipinski definition) is 4. The van der Waals surface area contributed by atoms with E-state index in [1.54, 1.807) is 24.3 Å². The number of carbonyl (C=O) groups excluding carboxylic acids is 3. The van der Waals surface area contributed by atoms with Crippen LogP contribution in [-0.2, 0) is 20.5 Å². The van der Waals surface area contributed by atoms with E-state index in [-0.39, 0.29) is 23.6 Å². The topological polar surface area (TPSA) is 87.7 Å². The van der Waals surface area contributed by atoms with Crippen molar-refractivity contribution < 1.29 is 32.3 Å². The molecule has 7 nitrogen and oxygen atoms in total. The quantitative estimate of drug-likeness (QED) is 0.671. The Morgan fingerprint density at radius 3 is 2.41 bits per heavy atom. The maximum atomic E-state index is 12.7. The summed E-state index contributed by atoms with van der Waals surface area (Å²) in [6.45, 7) is -0.644. The Morgan fingerprint density at radius 2 is 1.78 bits per heavy atom. The largest absolute Gasteiger partial charge is 0.456 e. The lowest BCUT2D eigenvalue weighted by molar-refractivity contribution is -0.138. The van der Waals surface area contributed by atoms with Gasteiger partial charge < -0.3 is 15.4 Å². The SMILES string of the molecule is O=C(CN1C(=O)NC(c2ccc(Cl)cc2)C2=C1COC2=O)Nc1ccc(C(F)(F)F)cc1. The Hall–Kier alpha value is -3.53. The minimum atomic E-state index is -4.49. The summed E-state index contributed by atoms with van der Waals surface area (Å²) in [6, 6.07) is 9.08. The Balaban J connectivity index is 1.53. The number of halogens is 4. The first-order valence-corrected chi connectivity index (χ1v) is 9.72. The molecule has 0 saturated carbocycles. The number of nitrogens with one attached hydrogen (secondary N) is 2. The highest BCUT2D eigenvalue weighted by molar-refractivity contribution is 6.30. The Kier molecular flexibility index (Phi) is 5.55. The monoisotopic (exact) mass is 465 g/mol. The first-order valence-electron chi connectivity index (χ1n) is 9.34. The van der Waals surface area contributed by atoms with Gasteiger partial charge in [-0.2, -0.15) is 13.2 Å². The number of cyclic esters (lactones) is 1. The van der Waals surface area contributed by atoms with Gasteiger partial charge in [0.1, 0.15) is 13.2 Å². The van der Waals surface area contributed by atoms with Gasteiger partial charge in [0.15, 0.2) is 0 Å². The number of alkyl halides is 3. The minimum absolute atomic E-state index is 0.132. The number of benzene rings is 2. The Labute approximate surface area is 184 Å². The van der Waals surface area contributed by atoms with Gasteiger partial charge in [-0.3, -0.25) is 9.69 Å². The van der Waals surface area contributed by atoms with Gasteiger partial charge in [0.2, 0.25) is 5.91 Å². The van der Waals surface area contributed by atoms with Crippen molar-refractivity contribution in [3.63, 3.8) is 0 Å². The molecule has 2 aliphatic rings. The van der Waals surface area contributed by atoms with E-state index in [0.29, 0.717) is 10.6 Å². The molecule has 11 heteroatoms. The molecule has 2 heterocycles. The highest BCUT2D eigenvalue weighted by atomic mass is 35.5. The van der Waals surface area contributed by atoms with E-state index in [4.69, 9.17) is 16.3 Å². The summed E-state index contributed by atoms with van der Waals surface area (Å²) < 4.78 is 43.1. The molecule has 2 aromatic rings. The number of anilines is 1. The zero-order valence-electron chi connectivity index (χ0n) is 16.2. The molecule has 32 heavy (non-hydrogen) atoms. The molecule has 0 bridgehead atoms. The highest BCUT2D eigenvalue weighted by Gasteiger charge is 2.42. The second-order valence-electron chi connectivity index (χ2n) is 7.08. The van der Waals surface area contributed by atoms with Crippen LogP contribution in [0.4, 0.5) is 23.7 Å². The van der Waals surface area contributed by atoms with Gasteiger partial charge in [0.05, 0.1) is 22.9 Å². The molecule has 3 amide bonds. The predicted octanol–water partition coefficient (Wildman–Crippen LogP) is 3.87. The minimum Gasteiger partial charge on any atom is -0.456 e. The molecular weight excluding hydrogens is 451 g/mol. The summed E-state index contributed by atoms with van der Waals surface area (Å²) >= 11 is 5.90. The fourth-order valence-corrected chi connectivity index (χ4v) is 3.60. The third-order valence-corrected chi connectivity index (χ3v) is 5.25. The van der Waals surface area contributed by atoms with E-state index in [0.717, 1.165) is 29.2 Å². The van der Waals surface area contributed by atoms with Crippen molar-refractivity contribution in [2.75, 3.05) is 18.5 Å². The first kappa shape index (κ1) is 21.7. The molecule has 0 fully saturated rings. The van der Waals surface area contributed by atoms with Gasteiger partial charge in [-0.25, -0.2) is 9.59 Å².